The van der Waals surface area contributed by atoms with Crippen molar-refractivity contribution in [1.29, 1.82) is 0 Å². The number of benzene rings is 1. The third-order valence-corrected chi connectivity index (χ3v) is 1.17. The number of hydrogen-bond donors (Lipinski definition) is 0. The monoisotopic (exact) mass is 407 g/mol. The van der Waals surface area contributed by atoms with E-state index in [1.54, 1.807) is 0 Å². The first kappa shape index (κ1) is 31.9. The van der Waals surface area contributed by atoms with E-state index in [9.17, 15) is 51.8 Å². The molecule has 0 saturated heterocycles. The Labute approximate surface area is 173 Å². The summed E-state index contributed by atoms with van der Waals surface area (Å²) in [6, 6.07) is 8.45. The molecule has 0 saturated carbocycles. The molecule has 16 heteroatoms. The van der Waals surface area contributed by atoms with E-state index in [2.05, 4.69) is 38.1 Å². The Morgan fingerprint density at radius 2 is 0.708 bits per heavy atom. The molecule has 0 radical (unpaired) electrons. The van der Waals surface area contributed by atoms with E-state index < -0.39 is 21.8 Å². The van der Waals surface area contributed by atoms with Gasteiger partial charge in [-0.25, -0.2) is 0 Å². The van der Waals surface area contributed by atoms with Crippen molar-refractivity contribution in [2.75, 3.05) is 0 Å². The third kappa shape index (κ3) is 95.8. The van der Waals surface area contributed by atoms with E-state index in [0.29, 0.717) is 0 Å². The first-order valence-corrected chi connectivity index (χ1v) is 5.44. The summed E-state index contributed by atoms with van der Waals surface area (Å²) < 4.78 is 117. The molecule has 0 amide bonds. The van der Waals surface area contributed by atoms with Crippen LogP contribution in [0.2, 0.25) is 0 Å². The van der Waals surface area contributed by atoms with Crippen LogP contribution in [0.25, 0.3) is 0 Å². The molecule has 0 spiro atoms. The molecule has 1 aromatic rings. The van der Waals surface area contributed by atoms with Gasteiger partial charge in [0.2, 0.25) is 0 Å². The fourth-order valence-electron chi connectivity index (χ4n) is 0.807. The SMILES string of the molecule is Cc1cccc(C)c1.F[B-](F)(F)F.F[B-](F)(F)F.F[B-](F)(F)F.[KH]. The van der Waals surface area contributed by atoms with Gasteiger partial charge < -0.3 is 51.8 Å². The van der Waals surface area contributed by atoms with Crippen LogP contribution < -0.4 is 0 Å². The van der Waals surface area contributed by atoms with Crippen molar-refractivity contribution in [1.82, 2.24) is 0 Å². The van der Waals surface area contributed by atoms with Crippen LogP contribution in [0.3, 0.4) is 0 Å². The summed E-state index contributed by atoms with van der Waals surface area (Å²) in [4.78, 5) is 0. The van der Waals surface area contributed by atoms with Gasteiger partial charge in [0.1, 0.15) is 0 Å². The van der Waals surface area contributed by atoms with Gasteiger partial charge in [-0.15, -0.1) is 0 Å². The van der Waals surface area contributed by atoms with E-state index in [0.717, 1.165) is 0 Å². The molecule has 140 valence electrons. The van der Waals surface area contributed by atoms with E-state index in [-0.39, 0.29) is 51.4 Å². The molecule has 0 aliphatic carbocycles. The van der Waals surface area contributed by atoms with Crippen molar-refractivity contribution < 1.29 is 51.8 Å². The first-order valence-electron chi connectivity index (χ1n) is 5.44. The Hall–Kier alpha value is 0.211. The Balaban J connectivity index is -0.000000113. The molecule has 0 aliphatic heterocycles. The van der Waals surface area contributed by atoms with Gasteiger partial charge >= 0.3 is 73.1 Å². The molecule has 0 atom stereocenters. The van der Waals surface area contributed by atoms with Crippen LogP contribution in [0, 0.1) is 13.8 Å². The molecule has 1 rings (SSSR count). The average molecular weight is 407 g/mol. The summed E-state index contributed by atoms with van der Waals surface area (Å²) in [5.41, 5.74) is 2.68. The van der Waals surface area contributed by atoms with Crippen LogP contribution in [0.15, 0.2) is 24.3 Å². The Morgan fingerprint density at radius 1 is 0.542 bits per heavy atom. The molecule has 0 N–H and O–H groups in total. The van der Waals surface area contributed by atoms with Gasteiger partial charge in [0.05, 0.1) is 0 Å². The fraction of sp³-hybridized carbons (Fsp3) is 0.250. The van der Waals surface area contributed by atoms with Crippen molar-refractivity contribution in [3.8, 4) is 0 Å². The molecular weight excluding hydrogens is 396 g/mol. The van der Waals surface area contributed by atoms with E-state index in [4.69, 9.17) is 0 Å². The predicted octanol–water partition coefficient (Wildman–Crippen LogP) is 5.55. The van der Waals surface area contributed by atoms with Gasteiger partial charge in [-0.3, -0.25) is 0 Å². The predicted molar refractivity (Wildman–Crippen MR) is 73.6 cm³/mol. The Morgan fingerprint density at radius 3 is 0.792 bits per heavy atom. The minimum absolute atomic E-state index is 0. The zero-order chi connectivity index (χ0) is 19.5. The molecule has 0 bridgehead atoms. The van der Waals surface area contributed by atoms with Crippen LogP contribution in [0.1, 0.15) is 11.1 Å². The van der Waals surface area contributed by atoms with Crippen LogP contribution >= 0.6 is 0 Å². The van der Waals surface area contributed by atoms with Gasteiger partial charge in [-0.05, 0) is 13.8 Å². The molecule has 0 nitrogen and oxygen atoms in total. The normalized spacial score (nSPS) is 10.6. The molecular formula is C8H11B3F12K-3. The third-order valence-electron chi connectivity index (χ3n) is 1.17. The summed E-state index contributed by atoms with van der Waals surface area (Å²) in [6.45, 7) is 4.21. The van der Waals surface area contributed by atoms with Crippen molar-refractivity contribution in [2.24, 2.45) is 0 Å². The minimum atomic E-state index is -6.00. The topological polar surface area (TPSA) is 0 Å². The Bertz CT molecular complexity index is 352. The van der Waals surface area contributed by atoms with E-state index in [1.165, 1.54) is 11.1 Å². The summed E-state index contributed by atoms with van der Waals surface area (Å²) >= 11 is 0. The molecule has 0 unspecified atom stereocenters. The van der Waals surface area contributed by atoms with Crippen molar-refractivity contribution in [2.45, 2.75) is 13.8 Å². The van der Waals surface area contributed by atoms with Crippen LogP contribution in [-0.2, 0) is 0 Å². The first-order chi connectivity index (χ1) is 9.79. The summed E-state index contributed by atoms with van der Waals surface area (Å²) in [7, 11) is -18.0. The quantitative estimate of drug-likeness (QED) is 0.391. The van der Waals surface area contributed by atoms with Crippen molar-refractivity contribution in [3.05, 3.63) is 35.4 Å². The summed E-state index contributed by atoms with van der Waals surface area (Å²) in [5, 5.41) is 0. The molecule has 0 aromatic heterocycles. The number of halogens is 12. The van der Waals surface area contributed by atoms with Gasteiger partial charge in [0, 0.05) is 0 Å². The molecule has 0 fully saturated rings. The number of rotatable bonds is 0. The molecule has 1 aromatic carbocycles. The maximum absolute atomic E-state index is 9.75. The van der Waals surface area contributed by atoms with Crippen molar-refractivity contribution >= 4 is 73.1 Å². The molecule has 0 heterocycles. The van der Waals surface area contributed by atoms with Crippen LogP contribution in [0.5, 0.6) is 0 Å². The summed E-state index contributed by atoms with van der Waals surface area (Å²) in [6.07, 6.45) is 0. The van der Waals surface area contributed by atoms with Gasteiger partial charge in [0.15, 0.2) is 0 Å². The zero-order valence-corrected chi connectivity index (χ0v) is 11.6. The fourth-order valence-corrected chi connectivity index (χ4v) is 0.807. The molecule has 24 heavy (non-hydrogen) atoms. The van der Waals surface area contributed by atoms with Crippen molar-refractivity contribution in [3.63, 3.8) is 0 Å². The van der Waals surface area contributed by atoms with Crippen LogP contribution in [0.4, 0.5) is 51.8 Å². The summed E-state index contributed by atoms with van der Waals surface area (Å²) in [5.74, 6) is 0. The number of hydrogen-bond acceptors (Lipinski definition) is 0. The maximum atomic E-state index is 9.75. The standard InChI is InChI=1S/C8H10.3BF4.K.H/c1-7-4-3-5-8(2)6-7;3*2-1(3,4)5;;/h3-6H,1-2H3;;;;;/q;3*-1;;. The Kier molecular flexibility index (Phi) is 19.1. The van der Waals surface area contributed by atoms with E-state index in [1.807, 2.05) is 0 Å². The average Bonchev–Trinajstić information content (AvgIpc) is 2.07. The second kappa shape index (κ2) is 14.4. The van der Waals surface area contributed by atoms with Gasteiger partial charge in [-0.1, -0.05) is 35.4 Å². The van der Waals surface area contributed by atoms with Gasteiger partial charge in [-0.2, -0.15) is 0 Å². The van der Waals surface area contributed by atoms with Gasteiger partial charge in [0.25, 0.3) is 0 Å². The second-order valence-electron chi connectivity index (χ2n) is 3.64. The number of aryl methyl sites for hydroxylation is 2. The van der Waals surface area contributed by atoms with Crippen LogP contribution in [-0.4, -0.2) is 73.1 Å². The zero-order valence-electron chi connectivity index (χ0n) is 11.6. The second-order valence-corrected chi connectivity index (χ2v) is 3.64. The van der Waals surface area contributed by atoms with E-state index >= 15 is 0 Å². The molecule has 0 aliphatic rings.